The quantitative estimate of drug-likeness (QED) is 0.712. The van der Waals surface area contributed by atoms with Gasteiger partial charge in [-0.1, -0.05) is 17.7 Å². The number of pyridine rings is 1. The summed E-state index contributed by atoms with van der Waals surface area (Å²) in [6, 6.07) is 15.0. The lowest BCUT2D eigenvalue weighted by Gasteiger charge is -2.27. The number of halogens is 2. The van der Waals surface area contributed by atoms with Gasteiger partial charge in [0.15, 0.2) is 6.17 Å². The molecule has 1 N–H and O–H groups in total. The van der Waals surface area contributed by atoms with E-state index in [0.29, 0.717) is 28.4 Å². The summed E-state index contributed by atoms with van der Waals surface area (Å²) in [5, 5.41) is 3.23. The number of hydrogen-bond acceptors (Lipinski definition) is 4. The molecule has 0 bridgehead atoms. The van der Waals surface area contributed by atoms with Gasteiger partial charge in [-0.05, 0) is 42.5 Å². The normalized spacial score (nSPS) is 15.6. The maximum absolute atomic E-state index is 13.5. The van der Waals surface area contributed by atoms with E-state index < -0.39 is 12.0 Å². The van der Waals surface area contributed by atoms with Crippen LogP contribution in [0.25, 0.3) is 0 Å². The van der Waals surface area contributed by atoms with Crippen LogP contribution in [0.1, 0.15) is 22.2 Å². The van der Waals surface area contributed by atoms with Crippen molar-refractivity contribution in [2.45, 2.75) is 6.17 Å². The fourth-order valence-corrected chi connectivity index (χ4v) is 3.27. The molecule has 0 saturated heterocycles. The molecule has 136 valence electrons. The molecule has 0 fully saturated rings. The lowest BCUT2D eigenvalue weighted by molar-refractivity contribution is 0.0993. The molecule has 0 aliphatic carbocycles. The average Bonchev–Trinajstić information content (AvgIpc) is 2.97. The van der Waals surface area contributed by atoms with Gasteiger partial charge in [0.2, 0.25) is 0 Å². The molecule has 4 rings (SSSR count). The lowest BCUT2D eigenvalue weighted by Crippen LogP contribution is -2.32. The molecule has 0 spiro atoms. The van der Waals surface area contributed by atoms with Crippen LogP contribution in [0.5, 0.6) is 5.75 Å². The predicted octanol–water partition coefficient (Wildman–Crippen LogP) is 4.65. The van der Waals surface area contributed by atoms with Gasteiger partial charge < -0.3 is 10.1 Å². The van der Waals surface area contributed by atoms with Gasteiger partial charge in [-0.3, -0.25) is 14.7 Å². The summed E-state index contributed by atoms with van der Waals surface area (Å²) in [6.07, 6.45) is 1.07. The summed E-state index contributed by atoms with van der Waals surface area (Å²) >= 11 is 5.89. The first kappa shape index (κ1) is 17.3. The number of carbonyl (C=O) groups excluding carboxylic acids is 1. The molecule has 7 heteroatoms. The number of fused-ring (bicyclic) bond motifs is 1. The van der Waals surface area contributed by atoms with Crippen molar-refractivity contribution in [2.24, 2.45) is 0 Å². The first-order chi connectivity index (χ1) is 13.1. The van der Waals surface area contributed by atoms with Crippen molar-refractivity contribution in [1.29, 1.82) is 0 Å². The zero-order chi connectivity index (χ0) is 19.0. The molecular formula is C20H15ClFN3O2. The van der Waals surface area contributed by atoms with Crippen molar-refractivity contribution in [1.82, 2.24) is 4.98 Å². The molecule has 5 nitrogen and oxygen atoms in total. The predicted molar refractivity (Wildman–Crippen MR) is 102 cm³/mol. The summed E-state index contributed by atoms with van der Waals surface area (Å²) in [5.74, 6) is -0.0576. The summed E-state index contributed by atoms with van der Waals surface area (Å²) in [6.45, 7) is 0. The van der Waals surface area contributed by atoms with E-state index in [-0.39, 0.29) is 10.9 Å². The molecule has 2 aromatic carbocycles. The molecule has 0 radical (unpaired) electrons. The molecule has 27 heavy (non-hydrogen) atoms. The van der Waals surface area contributed by atoms with Gasteiger partial charge in [-0.15, -0.1) is 0 Å². The standard InChI is InChI=1S/C20H15ClFN3O2/c1-27-14-5-2-4-13(11-14)25-19(18-15(20(25)26)6-3-9-23-18)24-12-7-8-17(22)16(21)10-12/h2-11,19,24H,1H3. The number of benzene rings is 2. The molecule has 1 amide bonds. The van der Waals surface area contributed by atoms with Crippen LogP contribution < -0.4 is 15.0 Å². The van der Waals surface area contributed by atoms with E-state index in [1.807, 2.05) is 12.1 Å². The van der Waals surface area contributed by atoms with Gasteiger partial charge in [0, 0.05) is 18.0 Å². The van der Waals surface area contributed by atoms with Crippen molar-refractivity contribution >= 4 is 28.9 Å². The lowest BCUT2D eigenvalue weighted by atomic mass is 10.2. The van der Waals surface area contributed by atoms with Crippen LogP contribution in [0.15, 0.2) is 60.8 Å². The van der Waals surface area contributed by atoms with E-state index in [0.717, 1.165) is 0 Å². The van der Waals surface area contributed by atoms with E-state index in [1.54, 1.807) is 48.5 Å². The minimum Gasteiger partial charge on any atom is -0.497 e. The third-order valence-corrected chi connectivity index (χ3v) is 4.65. The topological polar surface area (TPSA) is 54.5 Å². The molecule has 0 saturated carbocycles. The van der Waals surface area contributed by atoms with E-state index in [1.165, 1.54) is 12.1 Å². The highest BCUT2D eigenvalue weighted by Gasteiger charge is 2.39. The van der Waals surface area contributed by atoms with Gasteiger partial charge in [0.1, 0.15) is 11.6 Å². The highest BCUT2D eigenvalue weighted by Crippen LogP contribution is 2.38. The fourth-order valence-electron chi connectivity index (χ4n) is 3.09. The van der Waals surface area contributed by atoms with Crippen LogP contribution in [0.2, 0.25) is 5.02 Å². The second-order valence-corrected chi connectivity index (χ2v) is 6.40. The summed E-state index contributed by atoms with van der Waals surface area (Å²) < 4.78 is 18.8. The Morgan fingerprint density at radius 3 is 2.81 bits per heavy atom. The van der Waals surface area contributed by atoms with Crippen LogP contribution in [0, 0.1) is 5.82 Å². The largest absolute Gasteiger partial charge is 0.497 e. The van der Waals surface area contributed by atoms with Crippen LogP contribution in [-0.2, 0) is 0 Å². The van der Waals surface area contributed by atoms with Crippen molar-refractivity contribution < 1.29 is 13.9 Å². The van der Waals surface area contributed by atoms with E-state index in [2.05, 4.69) is 10.3 Å². The zero-order valence-corrected chi connectivity index (χ0v) is 15.1. The van der Waals surface area contributed by atoms with Gasteiger partial charge >= 0.3 is 0 Å². The maximum Gasteiger partial charge on any atom is 0.262 e. The number of ether oxygens (including phenoxy) is 1. The van der Waals surface area contributed by atoms with Crippen molar-refractivity contribution in [3.8, 4) is 5.75 Å². The Labute approximate surface area is 160 Å². The number of aromatic nitrogens is 1. The summed E-state index contributed by atoms with van der Waals surface area (Å²) in [5.41, 5.74) is 2.32. The molecule has 1 unspecified atom stereocenters. The van der Waals surface area contributed by atoms with E-state index >= 15 is 0 Å². The summed E-state index contributed by atoms with van der Waals surface area (Å²) in [7, 11) is 1.57. The van der Waals surface area contributed by atoms with E-state index in [4.69, 9.17) is 16.3 Å². The number of hydrogen-bond donors (Lipinski definition) is 1. The average molecular weight is 384 g/mol. The first-order valence-electron chi connectivity index (χ1n) is 8.22. The molecule has 1 aliphatic rings. The highest BCUT2D eigenvalue weighted by atomic mass is 35.5. The Balaban J connectivity index is 1.78. The number of anilines is 2. The number of nitrogens with zero attached hydrogens (tertiary/aromatic N) is 2. The molecule has 2 heterocycles. The Morgan fingerprint density at radius 1 is 1.19 bits per heavy atom. The highest BCUT2D eigenvalue weighted by molar-refractivity contribution is 6.31. The van der Waals surface area contributed by atoms with Crippen molar-refractivity contribution in [3.05, 3.63) is 82.9 Å². The molecule has 1 aromatic heterocycles. The van der Waals surface area contributed by atoms with Gasteiger partial charge in [-0.25, -0.2) is 4.39 Å². The minimum absolute atomic E-state index is 0.00139. The third-order valence-electron chi connectivity index (χ3n) is 4.36. The SMILES string of the molecule is COc1cccc(N2C(=O)c3cccnc3C2Nc2ccc(F)c(Cl)c2)c1. The van der Waals surface area contributed by atoms with E-state index in [9.17, 15) is 9.18 Å². The Morgan fingerprint density at radius 2 is 2.04 bits per heavy atom. The number of amides is 1. The first-order valence-corrected chi connectivity index (χ1v) is 8.60. The summed E-state index contributed by atoms with van der Waals surface area (Å²) in [4.78, 5) is 19.0. The molecule has 3 aromatic rings. The number of nitrogens with one attached hydrogen (secondary N) is 1. The van der Waals surface area contributed by atoms with Crippen molar-refractivity contribution in [2.75, 3.05) is 17.3 Å². The smallest absolute Gasteiger partial charge is 0.262 e. The maximum atomic E-state index is 13.5. The number of carbonyl (C=O) groups is 1. The zero-order valence-electron chi connectivity index (χ0n) is 14.3. The Kier molecular flexibility index (Phi) is 4.41. The van der Waals surface area contributed by atoms with Crippen LogP contribution in [-0.4, -0.2) is 18.0 Å². The van der Waals surface area contributed by atoms with Crippen LogP contribution >= 0.6 is 11.6 Å². The van der Waals surface area contributed by atoms with Gasteiger partial charge in [0.05, 0.1) is 29.1 Å². The van der Waals surface area contributed by atoms with Crippen molar-refractivity contribution in [3.63, 3.8) is 0 Å². The molecular weight excluding hydrogens is 369 g/mol. The second-order valence-electron chi connectivity index (χ2n) is 5.99. The van der Waals surface area contributed by atoms with Gasteiger partial charge in [0.25, 0.3) is 5.91 Å². The number of rotatable bonds is 4. The van der Waals surface area contributed by atoms with Crippen LogP contribution in [0.3, 0.4) is 0 Å². The second kappa shape index (κ2) is 6.89. The Bertz CT molecular complexity index is 1030. The third kappa shape index (κ3) is 3.08. The van der Waals surface area contributed by atoms with Gasteiger partial charge in [-0.2, -0.15) is 0 Å². The molecule has 1 aliphatic heterocycles. The fraction of sp³-hybridized carbons (Fsp3) is 0.100. The number of methoxy groups -OCH3 is 1. The molecule has 1 atom stereocenters. The minimum atomic E-state index is -0.567. The monoisotopic (exact) mass is 383 g/mol. The Hall–Kier alpha value is -3.12. The van der Waals surface area contributed by atoms with Crippen LogP contribution in [0.4, 0.5) is 15.8 Å².